The van der Waals surface area contributed by atoms with E-state index in [1.54, 1.807) is 0 Å². The SMILES string of the molecule is CCOCc1ccc(NC(=O)C2CC3CCCC(C2)C3N)cc1. The molecule has 2 bridgehead atoms. The van der Waals surface area contributed by atoms with Crippen LogP contribution in [0.25, 0.3) is 0 Å². The largest absolute Gasteiger partial charge is 0.377 e. The van der Waals surface area contributed by atoms with Crippen LogP contribution < -0.4 is 11.1 Å². The molecule has 2 atom stereocenters. The van der Waals surface area contributed by atoms with Crippen LogP contribution in [0.3, 0.4) is 0 Å². The van der Waals surface area contributed by atoms with Crippen LogP contribution in [-0.2, 0) is 16.1 Å². The van der Waals surface area contributed by atoms with Gasteiger partial charge in [0.25, 0.3) is 0 Å². The van der Waals surface area contributed by atoms with Crippen LogP contribution >= 0.6 is 0 Å². The molecule has 1 aromatic carbocycles. The number of anilines is 1. The van der Waals surface area contributed by atoms with Gasteiger partial charge in [-0.3, -0.25) is 4.79 Å². The Balaban J connectivity index is 1.56. The first-order valence-corrected chi connectivity index (χ1v) is 8.90. The summed E-state index contributed by atoms with van der Waals surface area (Å²) in [6.07, 6.45) is 5.55. The Bertz CT molecular complexity index is 515. The van der Waals surface area contributed by atoms with Gasteiger partial charge in [0.1, 0.15) is 0 Å². The second-order valence-corrected chi connectivity index (χ2v) is 7.02. The number of ether oxygens (including phenoxy) is 1. The van der Waals surface area contributed by atoms with Gasteiger partial charge in [0, 0.05) is 24.3 Å². The van der Waals surface area contributed by atoms with Crippen LogP contribution in [-0.4, -0.2) is 18.6 Å². The van der Waals surface area contributed by atoms with Crippen molar-refractivity contribution in [2.75, 3.05) is 11.9 Å². The standard InChI is InChI=1S/C19H28N2O2/c1-2-23-12-13-6-8-17(9-7-13)21-19(22)16-10-14-4-3-5-15(11-16)18(14)20/h6-9,14-16,18H,2-5,10-12,20H2,1H3,(H,21,22). The summed E-state index contributed by atoms with van der Waals surface area (Å²) in [6, 6.07) is 8.25. The lowest BCUT2D eigenvalue weighted by atomic mass is 9.65. The summed E-state index contributed by atoms with van der Waals surface area (Å²) in [4.78, 5) is 12.6. The van der Waals surface area contributed by atoms with E-state index in [9.17, 15) is 4.79 Å². The Labute approximate surface area is 138 Å². The maximum absolute atomic E-state index is 12.6. The second-order valence-electron chi connectivity index (χ2n) is 7.02. The van der Waals surface area contributed by atoms with E-state index in [4.69, 9.17) is 10.5 Å². The summed E-state index contributed by atoms with van der Waals surface area (Å²) in [7, 11) is 0. The van der Waals surface area contributed by atoms with Gasteiger partial charge >= 0.3 is 0 Å². The van der Waals surface area contributed by atoms with Crippen molar-refractivity contribution in [3.05, 3.63) is 29.8 Å². The molecule has 3 rings (SSSR count). The zero-order chi connectivity index (χ0) is 16.2. The van der Waals surface area contributed by atoms with Crippen LogP contribution in [0.4, 0.5) is 5.69 Å². The highest BCUT2D eigenvalue weighted by Gasteiger charge is 2.40. The first kappa shape index (κ1) is 16.5. The van der Waals surface area contributed by atoms with Gasteiger partial charge < -0.3 is 15.8 Å². The number of hydrogen-bond acceptors (Lipinski definition) is 3. The minimum absolute atomic E-state index is 0.119. The van der Waals surface area contributed by atoms with E-state index in [1.807, 2.05) is 31.2 Å². The van der Waals surface area contributed by atoms with E-state index in [0.29, 0.717) is 31.1 Å². The first-order valence-electron chi connectivity index (χ1n) is 8.90. The number of fused-ring (bicyclic) bond motifs is 2. The van der Waals surface area contributed by atoms with Gasteiger partial charge in [-0.2, -0.15) is 0 Å². The molecule has 1 amide bonds. The van der Waals surface area contributed by atoms with Crippen LogP contribution in [0.15, 0.2) is 24.3 Å². The lowest BCUT2D eigenvalue weighted by Gasteiger charge is -2.43. The molecular weight excluding hydrogens is 288 g/mol. The summed E-state index contributed by atoms with van der Waals surface area (Å²) < 4.78 is 5.39. The Kier molecular flexibility index (Phi) is 5.34. The molecule has 0 aliphatic heterocycles. The lowest BCUT2D eigenvalue weighted by molar-refractivity contribution is -0.122. The van der Waals surface area contributed by atoms with Crippen molar-refractivity contribution in [3.63, 3.8) is 0 Å². The van der Waals surface area contributed by atoms with Gasteiger partial charge in [-0.25, -0.2) is 0 Å². The number of carbonyl (C=O) groups is 1. The summed E-state index contributed by atoms with van der Waals surface area (Å²) >= 11 is 0. The van der Waals surface area contributed by atoms with Gasteiger partial charge in [0.05, 0.1) is 6.61 Å². The van der Waals surface area contributed by atoms with Crippen molar-refractivity contribution in [2.45, 2.75) is 51.7 Å². The molecule has 0 spiro atoms. The lowest BCUT2D eigenvalue weighted by Crippen LogP contribution is -2.48. The Hall–Kier alpha value is -1.39. The van der Waals surface area contributed by atoms with Crippen molar-refractivity contribution in [3.8, 4) is 0 Å². The third-order valence-corrected chi connectivity index (χ3v) is 5.48. The van der Waals surface area contributed by atoms with E-state index >= 15 is 0 Å². The number of rotatable bonds is 5. The van der Waals surface area contributed by atoms with E-state index < -0.39 is 0 Å². The van der Waals surface area contributed by atoms with E-state index in [0.717, 1.165) is 24.1 Å². The molecule has 0 aromatic heterocycles. The molecule has 2 aliphatic carbocycles. The van der Waals surface area contributed by atoms with Crippen LogP contribution in [0, 0.1) is 17.8 Å². The highest BCUT2D eigenvalue weighted by Crippen LogP contribution is 2.42. The highest BCUT2D eigenvalue weighted by atomic mass is 16.5. The Morgan fingerprint density at radius 3 is 2.48 bits per heavy atom. The van der Waals surface area contributed by atoms with Crippen molar-refractivity contribution in [1.29, 1.82) is 0 Å². The normalized spacial score (nSPS) is 30.0. The molecule has 4 heteroatoms. The quantitative estimate of drug-likeness (QED) is 0.876. The maximum Gasteiger partial charge on any atom is 0.227 e. The molecule has 126 valence electrons. The summed E-state index contributed by atoms with van der Waals surface area (Å²) in [5.74, 6) is 1.35. The number of amides is 1. The maximum atomic E-state index is 12.6. The van der Waals surface area contributed by atoms with Gasteiger partial charge in [0.2, 0.25) is 5.91 Å². The molecule has 0 radical (unpaired) electrons. The molecule has 2 saturated carbocycles. The van der Waals surface area contributed by atoms with Gasteiger partial charge in [-0.15, -0.1) is 0 Å². The third kappa shape index (κ3) is 3.93. The fraction of sp³-hybridized carbons (Fsp3) is 0.632. The molecule has 2 unspecified atom stereocenters. The third-order valence-electron chi connectivity index (χ3n) is 5.48. The minimum atomic E-state index is 0.119. The molecule has 2 fully saturated rings. The average molecular weight is 316 g/mol. The van der Waals surface area contributed by atoms with Crippen molar-refractivity contribution >= 4 is 11.6 Å². The van der Waals surface area contributed by atoms with E-state index in [1.165, 1.54) is 19.3 Å². The van der Waals surface area contributed by atoms with Gasteiger partial charge in [0.15, 0.2) is 0 Å². The first-order chi connectivity index (χ1) is 11.2. The average Bonchev–Trinajstić information content (AvgIpc) is 2.54. The molecule has 23 heavy (non-hydrogen) atoms. The Morgan fingerprint density at radius 2 is 1.87 bits per heavy atom. The second kappa shape index (κ2) is 7.45. The smallest absolute Gasteiger partial charge is 0.227 e. The molecular formula is C19H28N2O2. The topological polar surface area (TPSA) is 64.3 Å². The molecule has 2 aliphatic rings. The van der Waals surface area contributed by atoms with Crippen LogP contribution in [0.2, 0.25) is 0 Å². The number of nitrogens with two attached hydrogens (primary N) is 1. The molecule has 1 aromatic rings. The number of nitrogens with one attached hydrogen (secondary N) is 1. The molecule has 3 N–H and O–H groups in total. The van der Waals surface area contributed by atoms with Gasteiger partial charge in [-0.05, 0) is 62.1 Å². The predicted molar refractivity (Wildman–Crippen MR) is 91.9 cm³/mol. The zero-order valence-corrected chi connectivity index (χ0v) is 14.0. The van der Waals surface area contributed by atoms with Gasteiger partial charge in [-0.1, -0.05) is 18.6 Å². The minimum Gasteiger partial charge on any atom is -0.377 e. The Morgan fingerprint density at radius 1 is 1.22 bits per heavy atom. The number of carbonyl (C=O) groups excluding carboxylic acids is 1. The fourth-order valence-corrected chi connectivity index (χ4v) is 4.15. The molecule has 0 saturated heterocycles. The molecule has 0 heterocycles. The zero-order valence-electron chi connectivity index (χ0n) is 14.0. The van der Waals surface area contributed by atoms with Crippen molar-refractivity contribution < 1.29 is 9.53 Å². The summed E-state index contributed by atoms with van der Waals surface area (Å²) in [5, 5.41) is 3.08. The fourth-order valence-electron chi connectivity index (χ4n) is 4.15. The van der Waals surface area contributed by atoms with Crippen molar-refractivity contribution in [2.24, 2.45) is 23.5 Å². The number of benzene rings is 1. The summed E-state index contributed by atoms with van der Waals surface area (Å²) in [6.45, 7) is 3.32. The predicted octanol–water partition coefficient (Wildman–Crippen LogP) is 3.32. The summed E-state index contributed by atoms with van der Waals surface area (Å²) in [5.41, 5.74) is 8.31. The highest BCUT2D eigenvalue weighted by molar-refractivity contribution is 5.92. The van der Waals surface area contributed by atoms with Crippen LogP contribution in [0.1, 0.15) is 44.6 Å². The van der Waals surface area contributed by atoms with E-state index in [-0.39, 0.29) is 11.8 Å². The monoisotopic (exact) mass is 316 g/mol. The van der Waals surface area contributed by atoms with Crippen LogP contribution in [0.5, 0.6) is 0 Å². The number of hydrogen-bond donors (Lipinski definition) is 2. The van der Waals surface area contributed by atoms with Crippen molar-refractivity contribution in [1.82, 2.24) is 0 Å². The molecule has 4 nitrogen and oxygen atoms in total. The van der Waals surface area contributed by atoms with E-state index in [2.05, 4.69) is 5.32 Å².